The van der Waals surface area contributed by atoms with Gasteiger partial charge in [0.15, 0.2) is 5.60 Å². The number of nitrogens with two attached hydrogens (primary N) is 1. The van der Waals surface area contributed by atoms with Crippen molar-refractivity contribution in [3.05, 3.63) is 24.0 Å². The summed E-state index contributed by atoms with van der Waals surface area (Å²) >= 11 is 0. The van der Waals surface area contributed by atoms with Crippen molar-refractivity contribution in [1.29, 1.82) is 0 Å². The molecule has 0 aromatic heterocycles. The van der Waals surface area contributed by atoms with Gasteiger partial charge in [-0.25, -0.2) is 17.9 Å². The predicted molar refractivity (Wildman–Crippen MR) is 136 cm³/mol. The number of carbonyl (C=O) groups excluding carboxylic acids is 3. The summed E-state index contributed by atoms with van der Waals surface area (Å²) in [6.07, 6.45) is 3.19. The maximum atomic E-state index is 13.6. The van der Waals surface area contributed by atoms with Gasteiger partial charge in [-0.15, -0.1) is 0 Å². The summed E-state index contributed by atoms with van der Waals surface area (Å²) in [4.78, 5) is 40.4. The molecule has 37 heavy (non-hydrogen) atoms. The summed E-state index contributed by atoms with van der Waals surface area (Å²) in [5.41, 5.74) is 2.47. The Bertz CT molecular complexity index is 1040. The van der Waals surface area contributed by atoms with Gasteiger partial charge in [0.1, 0.15) is 16.1 Å². The molecule has 4 N–H and O–H groups in total. The number of hydrogen-bond acceptors (Lipinski definition) is 8. The van der Waals surface area contributed by atoms with Gasteiger partial charge in [0.25, 0.3) is 5.91 Å². The Hall–Kier alpha value is -2.64. The zero-order chi connectivity index (χ0) is 28.2. The van der Waals surface area contributed by atoms with Crippen molar-refractivity contribution in [2.24, 2.45) is 11.7 Å². The Labute approximate surface area is 218 Å². The molecule has 1 aliphatic heterocycles. The smallest absolute Gasteiger partial charge is 0.410 e. The summed E-state index contributed by atoms with van der Waals surface area (Å²) in [5.74, 6) is -1.94. The second-order valence-electron chi connectivity index (χ2n) is 10.5. The average molecular weight is 545 g/mol. The van der Waals surface area contributed by atoms with Crippen molar-refractivity contribution in [1.82, 2.24) is 14.5 Å². The van der Waals surface area contributed by atoms with Crippen molar-refractivity contribution < 1.29 is 37.4 Å². The van der Waals surface area contributed by atoms with Crippen molar-refractivity contribution in [3.63, 3.8) is 0 Å². The molecule has 0 radical (unpaired) electrons. The predicted octanol–water partition coefficient (Wildman–Crippen LogP) is 0.477. The van der Waals surface area contributed by atoms with Gasteiger partial charge in [0, 0.05) is 39.1 Å². The molecular weight excluding hydrogens is 504 g/mol. The van der Waals surface area contributed by atoms with Crippen LogP contribution in [0.1, 0.15) is 47.5 Å². The van der Waals surface area contributed by atoms with Gasteiger partial charge in [0.05, 0.1) is 7.11 Å². The van der Waals surface area contributed by atoms with Crippen molar-refractivity contribution in [3.8, 4) is 0 Å². The normalized spacial score (nSPS) is 22.3. The molecule has 2 unspecified atom stereocenters. The summed E-state index contributed by atoms with van der Waals surface area (Å²) in [5, 5.41) is 11.4. The van der Waals surface area contributed by atoms with Crippen LogP contribution in [0.3, 0.4) is 0 Å². The first-order valence-corrected chi connectivity index (χ1v) is 13.7. The lowest BCUT2D eigenvalue weighted by atomic mass is 9.74. The highest BCUT2D eigenvalue weighted by atomic mass is 32.2. The lowest BCUT2D eigenvalue weighted by Gasteiger charge is -2.45. The molecule has 2 aliphatic rings. The van der Waals surface area contributed by atoms with Gasteiger partial charge in [-0.2, -0.15) is 0 Å². The molecule has 210 valence electrons. The SMILES string of the molecule is COC1=CCC(C(O)(C(N)=O)C(C)C)(S(=O)(=O)NCCC(=O)N2CCN(C(=O)OC(C)(C)C)CC2)C=C1. The van der Waals surface area contributed by atoms with Gasteiger partial charge in [-0.05, 0) is 45.3 Å². The van der Waals surface area contributed by atoms with E-state index in [9.17, 15) is 27.9 Å². The van der Waals surface area contributed by atoms with Gasteiger partial charge in [-0.1, -0.05) is 19.9 Å². The van der Waals surface area contributed by atoms with Crippen molar-refractivity contribution >= 4 is 27.9 Å². The number of aliphatic hydroxyl groups is 1. The van der Waals surface area contributed by atoms with Crippen LogP contribution in [0.4, 0.5) is 4.79 Å². The van der Waals surface area contributed by atoms with Crippen LogP contribution in [0.5, 0.6) is 0 Å². The summed E-state index contributed by atoms with van der Waals surface area (Å²) in [6, 6.07) is 0. The number of hydrogen-bond donors (Lipinski definition) is 3. The van der Waals surface area contributed by atoms with Crippen LogP contribution < -0.4 is 10.5 Å². The minimum Gasteiger partial charge on any atom is -0.497 e. The van der Waals surface area contributed by atoms with Crippen LogP contribution in [-0.4, -0.2) is 97.0 Å². The lowest BCUT2D eigenvalue weighted by Crippen LogP contribution is -2.69. The van der Waals surface area contributed by atoms with E-state index < -0.39 is 43.9 Å². The fraction of sp³-hybridized carbons (Fsp3) is 0.708. The molecule has 0 aromatic carbocycles. The Morgan fingerprint density at radius 3 is 2.16 bits per heavy atom. The number of amides is 3. The zero-order valence-electron chi connectivity index (χ0n) is 22.4. The number of carbonyl (C=O) groups is 3. The van der Waals surface area contributed by atoms with Crippen molar-refractivity contribution in [2.45, 2.75) is 63.4 Å². The summed E-state index contributed by atoms with van der Waals surface area (Å²) in [7, 11) is -3.00. The second-order valence-corrected chi connectivity index (χ2v) is 12.5. The molecule has 2 atom stereocenters. The summed E-state index contributed by atoms with van der Waals surface area (Å²) < 4.78 is 37.9. The molecule has 0 bridgehead atoms. The van der Waals surface area contributed by atoms with Crippen LogP contribution in [-0.2, 0) is 29.1 Å². The Morgan fingerprint density at radius 2 is 1.73 bits per heavy atom. The Balaban J connectivity index is 2.08. The van der Waals surface area contributed by atoms with E-state index in [-0.39, 0.29) is 38.4 Å². The van der Waals surface area contributed by atoms with E-state index in [1.165, 1.54) is 44.1 Å². The fourth-order valence-corrected chi connectivity index (χ4v) is 6.39. The molecule has 0 spiro atoms. The van der Waals surface area contributed by atoms with Crippen LogP contribution in [0.25, 0.3) is 0 Å². The van der Waals surface area contributed by atoms with Gasteiger partial charge in [-0.3, -0.25) is 9.59 Å². The van der Waals surface area contributed by atoms with E-state index in [1.54, 1.807) is 25.7 Å². The first-order chi connectivity index (χ1) is 17.0. The minimum atomic E-state index is -4.42. The number of primary amides is 1. The molecule has 0 aromatic rings. The number of nitrogens with zero attached hydrogens (tertiary/aromatic N) is 2. The highest BCUT2D eigenvalue weighted by Gasteiger charge is 2.62. The molecule has 0 saturated carbocycles. The zero-order valence-corrected chi connectivity index (χ0v) is 23.3. The molecule has 1 fully saturated rings. The minimum absolute atomic E-state index is 0.151. The van der Waals surface area contributed by atoms with E-state index in [0.717, 1.165) is 0 Å². The third-order valence-electron chi connectivity index (χ3n) is 6.61. The van der Waals surface area contributed by atoms with Crippen LogP contribution in [0.2, 0.25) is 0 Å². The number of ether oxygens (including phenoxy) is 2. The molecular formula is C24H40N4O8S. The van der Waals surface area contributed by atoms with Gasteiger partial charge in [0.2, 0.25) is 15.9 Å². The first kappa shape index (κ1) is 30.6. The molecule has 3 amide bonds. The topological polar surface area (TPSA) is 169 Å². The molecule has 1 saturated heterocycles. The second kappa shape index (κ2) is 11.4. The van der Waals surface area contributed by atoms with E-state index in [0.29, 0.717) is 18.8 Å². The van der Waals surface area contributed by atoms with E-state index >= 15 is 0 Å². The van der Waals surface area contributed by atoms with E-state index in [2.05, 4.69) is 4.72 Å². The molecule has 1 heterocycles. The highest BCUT2D eigenvalue weighted by Crippen LogP contribution is 2.42. The third kappa shape index (κ3) is 6.44. The third-order valence-corrected chi connectivity index (χ3v) is 8.77. The Kier molecular flexibility index (Phi) is 9.42. The first-order valence-electron chi connectivity index (χ1n) is 12.2. The van der Waals surface area contributed by atoms with Crippen LogP contribution in [0.15, 0.2) is 24.0 Å². The molecule has 2 rings (SSSR count). The van der Waals surface area contributed by atoms with Crippen LogP contribution >= 0.6 is 0 Å². The standard InChI is InChI=1S/C24H40N4O8S/c1-17(2)24(32,20(25)30)23(10-7-18(35-6)8-11-23)37(33,34)26-12-9-19(29)27-13-15-28(16-14-27)21(31)36-22(3,4)5/h7-8,10,17,26,32H,9,11-16H2,1-6H3,(H2,25,30). The lowest BCUT2D eigenvalue weighted by molar-refractivity contribution is -0.144. The highest BCUT2D eigenvalue weighted by molar-refractivity contribution is 7.91. The molecule has 13 heteroatoms. The van der Waals surface area contributed by atoms with E-state index in [4.69, 9.17) is 15.2 Å². The monoisotopic (exact) mass is 544 g/mol. The number of sulfonamides is 1. The van der Waals surface area contributed by atoms with Crippen molar-refractivity contribution in [2.75, 3.05) is 39.8 Å². The number of nitrogens with one attached hydrogen (secondary N) is 1. The number of methoxy groups -OCH3 is 1. The quantitative estimate of drug-likeness (QED) is 0.376. The van der Waals surface area contributed by atoms with Gasteiger partial charge < -0.3 is 30.1 Å². The summed E-state index contributed by atoms with van der Waals surface area (Å²) in [6.45, 7) is 9.26. The average Bonchev–Trinajstić information content (AvgIpc) is 2.81. The largest absolute Gasteiger partial charge is 0.497 e. The maximum Gasteiger partial charge on any atom is 0.410 e. The fourth-order valence-electron chi connectivity index (χ4n) is 4.47. The maximum absolute atomic E-state index is 13.6. The Morgan fingerprint density at radius 1 is 1.16 bits per heavy atom. The molecule has 1 aliphatic carbocycles. The number of allylic oxidation sites excluding steroid dienone is 2. The van der Waals surface area contributed by atoms with Crippen LogP contribution in [0, 0.1) is 5.92 Å². The van der Waals surface area contributed by atoms with Gasteiger partial charge >= 0.3 is 6.09 Å². The molecule has 12 nitrogen and oxygen atoms in total. The number of piperazine rings is 1. The van der Waals surface area contributed by atoms with E-state index in [1.807, 2.05) is 0 Å². The number of rotatable bonds is 9.